The number of hydrogen-bond donors (Lipinski definition) is 3. The Hall–Kier alpha value is -1.34. The van der Waals surface area contributed by atoms with E-state index in [2.05, 4.69) is 15.4 Å². The molecule has 2 amide bonds. The minimum Gasteiger partial charge on any atom is -0.453 e. The highest BCUT2D eigenvalue weighted by Gasteiger charge is 2.03. The fourth-order valence-corrected chi connectivity index (χ4v) is 0.555. The smallest absolute Gasteiger partial charge is 0.407 e. The van der Waals surface area contributed by atoms with Gasteiger partial charge in [-0.2, -0.15) is 0 Å². The second-order valence-electron chi connectivity index (χ2n) is 2.22. The van der Waals surface area contributed by atoms with Crippen molar-refractivity contribution in [2.75, 3.05) is 33.6 Å². The first-order valence-electron chi connectivity index (χ1n) is 3.97. The van der Waals surface area contributed by atoms with Crippen molar-refractivity contribution in [2.45, 2.75) is 0 Å². The number of alkyl carbamates (subject to hydrolysis) is 1. The van der Waals surface area contributed by atoms with Crippen LogP contribution in [0.25, 0.3) is 0 Å². The quantitative estimate of drug-likeness (QED) is 0.360. The number of aliphatic hydroxyl groups is 1. The van der Waals surface area contributed by atoms with Gasteiger partial charge in [0, 0.05) is 0 Å². The lowest BCUT2D eigenvalue weighted by atomic mass is 10.6. The van der Waals surface area contributed by atoms with E-state index in [-0.39, 0.29) is 26.5 Å². The number of methoxy groups -OCH3 is 1. The lowest BCUT2D eigenvalue weighted by molar-refractivity contribution is -0.122. The van der Waals surface area contributed by atoms with Crippen molar-refractivity contribution in [3.63, 3.8) is 0 Å². The van der Waals surface area contributed by atoms with E-state index in [0.29, 0.717) is 0 Å². The summed E-state index contributed by atoms with van der Waals surface area (Å²) in [7, 11) is 1.21. The lowest BCUT2D eigenvalue weighted by Crippen LogP contribution is -2.37. The summed E-state index contributed by atoms with van der Waals surface area (Å²) in [5, 5.41) is 12.9. The van der Waals surface area contributed by atoms with E-state index >= 15 is 0 Å². The molecule has 82 valence electrons. The molecule has 3 N–H and O–H groups in total. The van der Waals surface area contributed by atoms with Gasteiger partial charge in [-0.05, 0) is 0 Å². The number of aliphatic hydroxyl groups excluding tert-OH is 1. The molecule has 0 aromatic heterocycles. The number of amides is 2. The average Bonchev–Trinajstić information content (AvgIpc) is 2.21. The molecule has 0 radical (unpaired) electrons. The van der Waals surface area contributed by atoms with Crippen molar-refractivity contribution >= 4 is 12.0 Å². The molecular formula is C7H14N2O5. The Labute approximate surface area is 81.4 Å². The van der Waals surface area contributed by atoms with Crippen LogP contribution in [0.3, 0.4) is 0 Å². The van der Waals surface area contributed by atoms with E-state index in [1.165, 1.54) is 7.11 Å². The van der Waals surface area contributed by atoms with Crippen LogP contribution in [0.1, 0.15) is 0 Å². The second kappa shape index (κ2) is 8.27. The summed E-state index contributed by atoms with van der Waals surface area (Å²) in [4.78, 5) is 21.4. The molecule has 0 aromatic rings. The van der Waals surface area contributed by atoms with Gasteiger partial charge in [0.1, 0.15) is 13.3 Å². The third-order valence-corrected chi connectivity index (χ3v) is 1.19. The summed E-state index contributed by atoms with van der Waals surface area (Å²) >= 11 is 0. The summed E-state index contributed by atoms with van der Waals surface area (Å²) in [6, 6.07) is 0. The third kappa shape index (κ3) is 7.32. The summed E-state index contributed by atoms with van der Waals surface area (Å²) in [5.74, 6) is -0.395. The highest BCUT2D eigenvalue weighted by molar-refractivity contribution is 5.81. The maximum absolute atomic E-state index is 10.9. The van der Waals surface area contributed by atoms with Crippen LogP contribution in [0, 0.1) is 0 Å². The molecule has 0 aliphatic heterocycles. The van der Waals surface area contributed by atoms with Crippen LogP contribution in [-0.2, 0) is 14.3 Å². The molecule has 0 heterocycles. The van der Waals surface area contributed by atoms with E-state index in [0.717, 1.165) is 0 Å². The predicted molar refractivity (Wildman–Crippen MR) is 46.5 cm³/mol. The van der Waals surface area contributed by atoms with Crippen molar-refractivity contribution < 1.29 is 24.2 Å². The van der Waals surface area contributed by atoms with Crippen LogP contribution in [0.2, 0.25) is 0 Å². The van der Waals surface area contributed by atoms with Crippen molar-refractivity contribution in [1.29, 1.82) is 0 Å². The van der Waals surface area contributed by atoms with Gasteiger partial charge in [-0.1, -0.05) is 0 Å². The van der Waals surface area contributed by atoms with E-state index in [4.69, 9.17) is 9.84 Å². The molecule has 14 heavy (non-hydrogen) atoms. The molecule has 0 aliphatic carbocycles. The highest BCUT2D eigenvalue weighted by atomic mass is 16.5. The molecule has 0 aliphatic rings. The molecule has 0 rings (SSSR count). The fourth-order valence-electron chi connectivity index (χ4n) is 0.555. The SMILES string of the molecule is COC(=O)NCC(=O)NCOCCO. The molecule has 0 saturated heterocycles. The zero-order chi connectivity index (χ0) is 10.8. The molecule has 0 spiro atoms. The second-order valence-corrected chi connectivity index (χ2v) is 2.22. The van der Waals surface area contributed by atoms with Crippen LogP contribution in [0.4, 0.5) is 4.79 Å². The topological polar surface area (TPSA) is 96.9 Å². The molecule has 0 unspecified atom stereocenters. The highest BCUT2D eigenvalue weighted by Crippen LogP contribution is 1.72. The number of ether oxygens (including phenoxy) is 2. The van der Waals surface area contributed by atoms with Crippen LogP contribution in [0.5, 0.6) is 0 Å². The maximum atomic E-state index is 10.9. The molecule has 0 atom stereocenters. The van der Waals surface area contributed by atoms with Gasteiger partial charge in [-0.25, -0.2) is 4.79 Å². The molecule has 0 aromatic carbocycles. The van der Waals surface area contributed by atoms with Gasteiger partial charge in [-0.3, -0.25) is 4.79 Å². The largest absolute Gasteiger partial charge is 0.453 e. The van der Waals surface area contributed by atoms with Crippen LogP contribution < -0.4 is 10.6 Å². The Morgan fingerprint density at radius 1 is 1.36 bits per heavy atom. The summed E-state index contributed by atoms with van der Waals surface area (Å²) < 4.78 is 9.01. The zero-order valence-corrected chi connectivity index (χ0v) is 7.91. The standard InChI is InChI=1S/C7H14N2O5/c1-13-7(12)8-4-6(11)9-5-14-3-2-10/h10H,2-5H2,1H3,(H,8,12)(H,9,11). The van der Waals surface area contributed by atoms with Crippen molar-refractivity contribution in [3.05, 3.63) is 0 Å². The Morgan fingerprint density at radius 3 is 2.64 bits per heavy atom. The molecule has 7 nitrogen and oxygen atoms in total. The molecule has 0 fully saturated rings. The van der Waals surface area contributed by atoms with Crippen LogP contribution in [-0.4, -0.2) is 50.7 Å². The van der Waals surface area contributed by atoms with E-state index in [1.807, 2.05) is 0 Å². The van der Waals surface area contributed by atoms with E-state index < -0.39 is 12.0 Å². The minimum absolute atomic E-state index is 0.00223. The lowest BCUT2D eigenvalue weighted by Gasteiger charge is -2.05. The van der Waals surface area contributed by atoms with Crippen LogP contribution >= 0.6 is 0 Å². The normalized spacial score (nSPS) is 9.29. The Balaban J connectivity index is 3.32. The van der Waals surface area contributed by atoms with Gasteiger partial charge >= 0.3 is 6.09 Å². The number of nitrogens with one attached hydrogen (secondary N) is 2. The monoisotopic (exact) mass is 206 g/mol. The maximum Gasteiger partial charge on any atom is 0.407 e. The number of hydrogen-bond acceptors (Lipinski definition) is 5. The van der Waals surface area contributed by atoms with Gasteiger partial charge in [-0.15, -0.1) is 0 Å². The molecule has 0 bridgehead atoms. The number of carbonyl (C=O) groups is 2. The summed E-state index contributed by atoms with van der Waals surface area (Å²) in [6.45, 7) is -0.113. The van der Waals surface area contributed by atoms with Crippen molar-refractivity contribution in [1.82, 2.24) is 10.6 Å². The zero-order valence-electron chi connectivity index (χ0n) is 7.91. The van der Waals surface area contributed by atoms with Crippen molar-refractivity contribution in [2.24, 2.45) is 0 Å². The van der Waals surface area contributed by atoms with Gasteiger partial charge in [0.15, 0.2) is 0 Å². The van der Waals surface area contributed by atoms with E-state index in [9.17, 15) is 9.59 Å². The summed E-state index contributed by atoms with van der Waals surface area (Å²) in [5.41, 5.74) is 0. The summed E-state index contributed by atoms with van der Waals surface area (Å²) in [6.07, 6.45) is -0.670. The Morgan fingerprint density at radius 2 is 2.07 bits per heavy atom. The van der Waals surface area contributed by atoms with Gasteiger partial charge < -0.3 is 25.2 Å². The fraction of sp³-hybridized carbons (Fsp3) is 0.714. The first-order valence-corrected chi connectivity index (χ1v) is 3.97. The number of carbonyl (C=O) groups excluding carboxylic acids is 2. The van der Waals surface area contributed by atoms with Gasteiger partial charge in [0.05, 0.1) is 20.3 Å². The molecule has 7 heteroatoms. The van der Waals surface area contributed by atoms with Gasteiger partial charge in [0.25, 0.3) is 0 Å². The number of rotatable bonds is 6. The average molecular weight is 206 g/mol. The van der Waals surface area contributed by atoms with Crippen LogP contribution in [0.15, 0.2) is 0 Å². The Kier molecular flexibility index (Phi) is 7.48. The molecular weight excluding hydrogens is 192 g/mol. The first kappa shape index (κ1) is 12.7. The van der Waals surface area contributed by atoms with E-state index in [1.54, 1.807) is 0 Å². The Bertz CT molecular complexity index is 185. The van der Waals surface area contributed by atoms with Crippen molar-refractivity contribution in [3.8, 4) is 0 Å². The minimum atomic E-state index is -0.670. The van der Waals surface area contributed by atoms with Gasteiger partial charge in [0.2, 0.25) is 5.91 Å². The third-order valence-electron chi connectivity index (χ3n) is 1.19. The predicted octanol–water partition coefficient (Wildman–Crippen LogP) is -1.57. The molecule has 0 saturated carbocycles. The first-order chi connectivity index (χ1) is 6.70.